The molecule has 0 aromatic rings. The van der Waals surface area contributed by atoms with Gasteiger partial charge in [0.15, 0.2) is 0 Å². The van der Waals surface area contributed by atoms with Crippen molar-refractivity contribution < 1.29 is 9.53 Å². The molecule has 1 aliphatic rings. The van der Waals surface area contributed by atoms with Crippen molar-refractivity contribution in [3.05, 3.63) is 0 Å². The molecule has 0 aromatic carbocycles. The second kappa shape index (κ2) is 7.17. The average Bonchev–Trinajstić information content (AvgIpc) is 2.35. The third-order valence-electron chi connectivity index (χ3n) is 3.30. The van der Waals surface area contributed by atoms with Gasteiger partial charge >= 0.3 is 5.97 Å². The number of thioether (sulfide) groups is 1. The maximum atomic E-state index is 11.7. The van der Waals surface area contributed by atoms with Gasteiger partial charge in [-0.1, -0.05) is 20.3 Å². The fourth-order valence-corrected chi connectivity index (χ4v) is 3.05. The summed E-state index contributed by atoms with van der Waals surface area (Å²) in [6, 6.07) is 0.349. The van der Waals surface area contributed by atoms with Crippen molar-refractivity contribution in [3.8, 4) is 0 Å². The molecule has 1 saturated heterocycles. The van der Waals surface area contributed by atoms with E-state index in [-0.39, 0.29) is 12.0 Å². The molecule has 4 heteroatoms. The van der Waals surface area contributed by atoms with E-state index >= 15 is 0 Å². The van der Waals surface area contributed by atoms with E-state index in [0.29, 0.717) is 12.0 Å². The molecular formula is C12H23NO2S. The number of esters is 1. The van der Waals surface area contributed by atoms with Gasteiger partial charge < -0.3 is 10.1 Å². The number of ether oxygens (including phenoxy) is 1. The van der Waals surface area contributed by atoms with Gasteiger partial charge in [0.25, 0.3) is 0 Å². The van der Waals surface area contributed by atoms with Gasteiger partial charge in [-0.2, -0.15) is 11.8 Å². The van der Waals surface area contributed by atoms with E-state index in [4.69, 9.17) is 4.74 Å². The molecule has 1 heterocycles. The van der Waals surface area contributed by atoms with Crippen LogP contribution < -0.4 is 5.32 Å². The molecule has 2 unspecified atom stereocenters. The zero-order chi connectivity index (χ0) is 12.0. The first-order valence-corrected chi connectivity index (χ1v) is 7.26. The average molecular weight is 245 g/mol. The second-order valence-corrected chi connectivity index (χ2v) is 5.66. The molecule has 16 heavy (non-hydrogen) atoms. The highest BCUT2D eigenvalue weighted by atomic mass is 32.2. The lowest BCUT2D eigenvalue weighted by molar-refractivity contribution is -0.144. The van der Waals surface area contributed by atoms with Crippen LogP contribution in [0.2, 0.25) is 0 Å². The minimum Gasteiger partial charge on any atom is -0.468 e. The summed E-state index contributed by atoms with van der Waals surface area (Å²) in [7, 11) is 1.47. The highest BCUT2D eigenvalue weighted by Crippen LogP contribution is 2.19. The summed E-state index contributed by atoms with van der Waals surface area (Å²) in [5.74, 6) is 2.62. The van der Waals surface area contributed by atoms with Gasteiger partial charge in [0.2, 0.25) is 0 Å². The first-order valence-electron chi connectivity index (χ1n) is 6.10. The van der Waals surface area contributed by atoms with Crippen molar-refractivity contribution in [3.63, 3.8) is 0 Å². The zero-order valence-corrected chi connectivity index (χ0v) is 11.3. The molecule has 0 amide bonds. The van der Waals surface area contributed by atoms with Crippen molar-refractivity contribution in [2.45, 2.75) is 45.2 Å². The van der Waals surface area contributed by atoms with Crippen LogP contribution in [0.4, 0.5) is 0 Å². The Morgan fingerprint density at radius 1 is 1.50 bits per heavy atom. The quantitative estimate of drug-likeness (QED) is 0.753. The molecule has 0 saturated carbocycles. The summed E-state index contributed by atoms with van der Waals surface area (Å²) >= 11 is 2.00. The number of carbonyl (C=O) groups excluding carboxylic acids is 1. The van der Waals surface area contributed by atoms with Crippen LogP contribution in [-0.2, 0) is 9.53 Å². The zero-order valence-electron chi connectivity index (χ0n) is 10.5. The van der Waals surface area contributed by atoms with E-state index in [1.165, 1.54) is 18.6 Å². The normalized spacial score (nSPS) is 21.4. The second-order valence-electron chi connectivity index (χ2n) is 4.44. The molecule has 1 aliphatic heterocycles. The minimum absolute atomic E-state index is 0.118. The largest absolute Gasteiger partial charge is 0.468 e. The van der Waals surface area contributed by atoms with Crippen LogP contribution in [0.5, 0.6) is 0 Å². The van der Waals surface area contributed by atoms with Crippen LogP contribution in [0.25, 0.3) is 0 Å². The summed E-state index contributed by atoms with van der Waals surface area (Å²) in [5.41, 5.74) is 0. The highest BCUT2D eigenvalue weighted by molar-refractivity contribution is 7.99. The summed E-state index contributed by atoms with van der Waals surface area (Å²) in [6.45, 7) is 4.21. The number of hydrogen-bond donors (Lipinski definition) is 1. The van der Waals surface area contributed by atoms with Crippen LogP contribution in [0.3, 0.4) is 0 Å². The van der Waals surface area contributed by atoms with Gasteiger partial charge in [0.05, 0.1) is 7.11 Å². The molecule has 2 atom stereocenters. The summed E-state index contributed by atoms with van der Waals surface area (Å²) in [4.78, 5) is 11.7. The minimum atomic E-state index is -0.136. The first-order chi connectivity index (χ1) is 7.69. The van der Waals surface area contributed by atoms with Crippen LogP contribution >= 0.6 is 11.8 Å². The molecule has 94 valence electrons. The third-order valence-corrected chi connectivity index (χ3v) is 4.35. The van der Waals surface area contributed by atoms with E-state index in [2.05, 4.69) is 19.2 Å². The lowest BCUT2D eigenvalue weighted by Crippen LogP contribution is -2.48. The number of nitrogens with one attached hydrogen (secondary N) is 1. The summed E-state index contributed by atoms with van der Waals surface area (Å²) in [5, 5.41) is 3.47. The Morgan fingerprint density at radius 2 is 2.12 bits per heavy atom. The van der Waals surface area contributed by atoms with E-state index < -0.39 is 0 Å². The van der Waals surface area contributed by atoms with Gasteiger partial charge in [-0.3, -0.25) is 4.79 Å². The SMILES string of the molecule is CCC(C)C(NC1CCSCC1)C(=O)OC. The van der Waals surface area contributed by atoms with Gasteiger partial charge in [-0.25, -0.2) is 0 Å². The van der Waals surface area contributed by atoms with Crippen LogP contribution in [-0.4, -0.2) is 36.7 Å². The monoisotopic (exact) mass is 245 g/mol. The summed E-state index contributed by atoms with van der Waals surface area (Å²) < 4.78 is 4.87. The lowest BCUT2D eigenvalue weighted by atomic mass is 9.97. The van der Waals surface area contributed by atoms with Crippen molar-refractivity contribution >= 4 is 17.7 Å². The molecule has 0 radical (unpaired) electrons. The Labute approximate surface area is 103 Å². The summed E-state index contributed by atoms with van der Waals surface area (Å²) in [6.07, 6.45) is 3.32. The van der Waals surface area contributed by atoms with E-state index in [0.717, 1.165) is 19.3 Å². The fraction of sp³-hybridized carbons (Fsp3) is 0.917. The van der Waals surface area contributed by atoms with Crippen LogP contribution in [0, 0.1) is 5.92 Å². The van der Waals surface area contributed by atoms with Crippen LogP contribution in [0.1, 0.15) is 33.1 Å². The van der Waals surface area contributed by atoms with Crippen molar-refractivity contribution in [2.75, 3.05) is 18.6 Å². The fourth-order valence-electron chi connectivity index (χ4n) is 1.95. The van der Waals surface area contributed by atoms with Crippen LogP contribution in [0.15, 0.2) is 0 Å². The molecule has 0 aliphatic carbocycles. The molecule has 0 aromatic heterocycles. The van der Waals surface area contributed by atoms with Crippen molar-refractivity contribution in [2.24, 2.45) is 5.92 Å². The standard InChI is InChI=1S/C12H23NO2S/c1-4-9(2)11(12(14)15-3)13-10-5-7-16-8-6-10/h9-11,13H,4-8H2,1-3H3. The third kappa shape index (κ3) is 3.98. The van der Waals surface area contributed by atoms with Gasteiger partial charge in [-0.15, -0.1) is 0 Å². The predicted octanol–water partition coefficient (Wildman–Crippen LogP) is 2.06. The molecule has 1 fully saturated rings. The Balaban J connectivity index is 2.51. The maximum absolute atomic E-state index is 11.7. The van der Waals surface area contributed by atoms with Crippen molar-refractivity contribution in [1.29, 1.82) is 0 Å². The first kappa shape index (κ1) is 13.8. The van der Waals surface area contributed by atoms with Gasteiger partial charge in [-0.05, 0) is 30.3 Å². The predicted molar refractivity (Wildman–Crippen MR) is 68.7 cm³/mol. The highest BCUT2D eigenvalue weighted by Gasteiger charge is 2.27. The van der Waals surface area contributed by atoms with E-state index in [1.54, 1.807) is 0 Å². The smallest absolute Gasteiger partial charge is 0.323 e. The van der Waals surface area contributed by atoms with E-state index in [9.17, 15) is 4.79 Å². The molecule has 1 rings (SSSR count). The Morgan fingerprint density at radius 3 is 2.62 bits per heavy atom. The molecule has 3 nitrogen and oxygen atoms in total. The van der Waals surface area contributed by atoms with Gasteiger partial charge in [0, 0.05) is 6.04 Å². The molecule has 0 spiro atoms. The van der Waals surface area contributed by atoms with E-state index in [1.807, 2.05) is 11.8 Å². The van der Waals surface area contributed by atoms with Crippen molar-refractivity contribution in [1.82, 2.24) is 5.32 Å². The Bertz CT molecular complexity index is 217. The Kier molecular flexibility index (Phi) is 6.21. The van der Waals surface area contributed by atoms with Gasteiger partial charge in [0.1, 0.15) is 6.04 Å². The molecular weight excluding hydrogens is 222 g/mol. The Hall–Kier alpha value is -0.220. The maximum Gasteiger partial charge on any atom is 0.323 e. The number of rotatable bonds is 5. The number of methoxy groups -OCH3 is 1. The topological polar surface area (TPSA) is 38.3 Å². The molecule has 1 N–H and O–H groups in total. The number of carbonyl (C=O) groups is 1. The number of hydrogen-bond acceptors (Lipinski definition) is 4. The molecule has 0 bridgehead atoms. The lowest BCUT2D eigenvalue weighted by Gasteiger charge is -2.29.